The van der Waals surface area contributed by atoms with E-state index in [1.54, 1.807) is 49.4 Å². The summed E-state index contributed by atoms with van der Waals surface area (Å²) < 4.78 is 16.5. The second kappa shape index (κ2) is 10.3. The largest absolute Gasteiger partial charge is 0.519 e. The molecule has 3 rings (SSSR count). The van der Waals surface area contributed by atoms with E-state index in [9.17, 15) is 9.59 Å². The molecule has 172 valence electrons. The lowest BCUT2D eigenvalue weighted by Crippen LogP contribution is -2.18. The van der Waals surface area contributed by atoms with Crippen LogP contribution in [0.3, 0.4) is 0 Å². The molecule has 0 unspecified atom stereocenters. The van der Waals surface area contributed by atoms with Crippen molar-refractivity contribution in [3.8, 4) is 17.2 Å². The van der Waals surface area contributed by atoms with E-state index in [0.717, 1.165) is 24.0 Å². The van der Waals surface area contributed by atoms with Gasteiger partial charge in [0.05, 0.1) is 5.56 Å². The summed E-state index contributed by atoms with van der Waals surface area (Å²) in [6.45, 7) is 10.1. The minimum Gasteiger partial charge on any atom is -0.419 e. The molecule has 3 aromatic carbocycles. The van der Waals surface area contributed by atoms with E-state index in [4.69, 9.17) is 14.2 Å². The lowest BCUT2D eigenvalue weighted by Gasteiger charge is -2.22. The van der Waals surface area contributed by atoms with Gasteiger partial charge in [0.2, 0.25) is 0 Å². The topological polar surface area (TPSA) is 61.8 Å². The molecule has 0 fully saturated rings. The summed E-state index contributed by atoms with van der Waals surface area (Å²) in [7, 11) is 0. The first-order chi connectivity index (χ1) is 15.7. The van der Waals surface area contributed by atoms with Gasteiger partial charge in [-0.25, -0.2) is 9.59 Å². The molecule has 0 heterocycles. The van der Waals surface area contributed by atoms with Gasteiger partial charge in [0, 0.05) is 0 Å². The molecule has 0 aliphatic carbocycles. The Morgan fingerprint density at radius 2 is 1.52 bits per heavy atom. The quantitative estimate of drug-likeness (QED) is 0.231. The number of rotatable bonds is 6. The molecular formula is C28H30O5. The first-order valence-electron chi connectivity index (χ1n) is 11.1. The molecule has 0 amide bonds. The molecular weight excluding hydrogens is 416 g/mol. The zero-order chi connectivity index (χ0) is 24.0. The van der Waals surface area contributed by atoms with Crippen LogP contribution in [0.2, 0.25) is 0 Å². The number of para-hydroxylation sites is 1. The first kappa shape index (κ1) is 24.1. The molecule has 0 saturated carbocycles. The third kappa shape index (κ3) is 6.45. The van der Waals surface area contributed by atoms with Gasteiger partial charge >= 0.3 is 12.1 Å². The van der Waals surface area contributed by atoms with E-state index >= 15 is 0 Å². The number of hydrogen-bond acceptors (Lipinski definition) is 5. The van der Waals surface area contributed by atoms with Crippen LogP contribution >= 0.6 is 0 Å². The van der Waals surface area contributed by atoms with Crippen molar-refractivity contribution >= 4 is 12.1 Å². The van der Waals surface area contributed by atoms with Gasteiger partial charge in [0.25, 0.3) is 0 Å². The van der Waals surface area contributed by atoms with E-state index in [-0.39, 0.29) is 16.9 Å². The summed E-state index contributed by atoms with van der Waals surface area (Å²) in [5.41, 5.74) is 2.99. The normalized spacial score (nSPS) is 11.1. The maximum atomic E-state index is 12.9. The Balaban J connectivity index is 1.89. The van der Waals surface area contributed by atoms with E-state index in [0.29, 0.717) is 16.9 Å². The number of hydrogen-bond donors (Lipinski definition) is 0. The maximum Gasteiger partial charge on any atom is 0.519 e. The van der Waals surface area contributed by atoms with Gasteiger partial charge < -0.3 is 14.2 Å². The van der Waals surface area contributed by atoms with Crippen molar-refractivity contribution in [2.45, 2.75) is 52.9 Å². The first-order valence-corrected chi connectivity index (χ1v) is 11.1. The fourth-order valence-electron chi connectivity index (χ4n) is 3.33. The Morgan fingerprint density at radius 1 is 0.848 bits per heavy atom. The summed E-state index contributed by atoms with van der Waals surface area (Å²) in [5, 5.41) is 0. The molecule has 0 spiro atoms. The van der Waals surface area contributed by atoms with E-state index in [1.807, 2.05) is 24.3 Å². The molecule has 0 aliphatic heterocycles. The lowest BCUT2D eigenvalue weighted by molar-refractivity contribution is 0.0726. The summed E-state index contributed by atoms with van der Waals surface area (Å²) in [6.07, 6.45) is 1.07. The van der Waals surface area contributed by atoms with Crippen molar-refractivity contribution in [3.05, 3.63) is 89.0 Å². The number of carbonyl (C=O) groups is 2. The van der Waals surface area contributed by atoms with Gasteiger partial charge in [-0.3, -0.25) is 0 Å². The predicted octanol–water partition coefficient (Wildman–Crippen LogP) is 7.04. The minimum atomic E-state index is -0.908. The Labute approximate surface area is 195 Å². The summed E-state index contributed by atoms with van der Waals surface area (Å²) in [6, 6.07) is 19.6. The van der Waals surface area contributed by atoms with Crippen molar-refractivity contribution in [2.75, 3.05) is 0 Å². The van der Waals surface area contributed by atoms with Gasteiger partial charge in [-0.05, 0) is 65.8 Å². The van der Waals surface area contributed by atoms with Crippen molar-refractivity contribution in [3.63, 3.8) is 0 Å². The van der Waals surface area contributed by atoms with Crippen LogP contribution < -0.4 is 14.2 Å². The highest BCUT2D eigenvalue weighted by molar-refractivity contribution is 5.91. The average Bonchev–Trinajstić information content (AvgIpc) is 2.76. The second-order valence-electron chi connectivity index (χ2n) is 8.97. The van der Waals surface area contributed by atoms with Crippen molar-refractivity contribution in [1.82, 2.24) is 0 Å². The Bertz CT molecular complexity index is 1110. The average molecular weight is 447 g/mol. The molecule has 33 heavy (non-hydrogen) atoms. The van der Waals surface area contributed by atoms with Gasteiger partial charge in [-0.1, -0.05) is 70.5 Å². The SMILES string of the molecule is CCCc1ccc(C(=O)Oc2cc(C(C)(C)C)cc(C)c2OC(=O)Oc2ccccc2)cc1. The van der Waals surface area contributed by atoms with E-state index < -0.39 is 12.1 Å². The van der Waals surface area contributed by atoms with Gasteiger partial charge in [0.1, 0.15) is 5.75 Å². The summed E-state index contributed by atoms with van der Waals surface area (Å²) in [5.74, 6) is 0.161. The fourth-order valence-corrected chi connectivity index (χ4v) is 3.33. The van der Waals surface area contributed by atoms with Crippen LogP contribution in [0.4, 0.5) is 4.79 Å². The van der Waals surface area contributed by atoms with E-state index in [1.165, 1.54) is 0 Å². The number of carbonyl (C=O) groups excluding carboxylic acids is 2. The molecule has 0 atom stereocenters. The van der Waals surface area contributed by atoms with E-state index in [2.05, 4.69) is 27.7 Å². The number of ether oxygens (including phenoxy) is 3. The van der Waals surface area contributed by atoms with Crippen molar-refractivity contribution in [2.24, 2.45) is 0 Å². The van der Waals surface area contributed by atoms with Crippen LogP contribution in [0.25, 0.3) is 0 Å². The molecule has 0 N–H and O–H groups in total. The van der Waals surface area contributed by atoms with Crippen LogP contribution in [0.5, 0.6) is 17.2 Å². The molecule has 0 aromatic heterocycles. The molecule has 0 radical (unpaired) electrons. The third-order valence-corrected chi connectivity index (χ3v) is 5.17. The molecule has 3 aromatic rings. The predicted molar refractivity (Wildman–Crippen MR) is 128 cm³/mol. The van der Waals surface area contributed by atoms with Gasteiger partial charge in [0.15, 0.2) is 11.5 Å². The Kier molecular flexibility index (Phi) is 7.54. The van der Waals surface area contributed by atoms with Crippen LogP contribution in [0.1, 0.15) is 61.2 Å². The Hall–Kier alpha value is -3.60. The van der Waals surface area contributed by atoms with Crippen molar-refractivity contribution < 1.29 is 23.8 Å². The molecule has 0 aliphatic rings. The van der Waals surface area contributed by atoms with Crippen LogP contribution in [0.15, 0.2) is 66.7 Å². The summed E-state index contributed by atoms with van der Waals surface area (Å²) in [4.78, 5) is 25.3. The standard InChI is InChI=1S/C28H30O5/c1-6-10-20-13-15-21(16-14-20)26(29)32-24-18-22(28(3,4)5)17-19(2)25(24)33-27(30)31-23-11-8-7-9-12-23/h7-9,11-18H,6,10H2,1-5H3. The monoisotopic (exact) mass is 446 g/mol. The lowest BCUT2D eigenvalue weighted by atomic mass is 9.86. The number of benzene rings is 3. The number of esters is 1. The zero-order valence-electron chi connectivity index (χ0n) is 19.8. The smallest absolute Gasteiger partial charge is 0.419 e. The highest BCUT2D eigenvalue weighted by atomic mass is 16.7. The second-order valence-corrected chi connectivity index (χ2v) is 8.97. The van der Waals surface area contributed by atoms with Crippen LogP contribution in [-0.2, 0) is 11.8 Å². The van der Waals surface area contributed by atoms with Gasteiger partial charge in [-0.2, -0.15) is 0 Å². The van der Waals surface area contributed by atoms with Crippen LogP contribution in [-0.4, -0.2) is 12.1 Å². The summed E-state index contributed by atoms with van der Waals surface area (Å²) >= 11 is 0. The highest BCUT2D eigenvalue weighted by Crippen LogP contribution is 2.37. The van der Waals surface area contributed by atoms with Crippen molar-refractivity contribution in [1.29, 1.82) is 0 Å². The molecule has 5 heteroatoms. The molecule has 5 nitrogen and oxygen atoms in total. The minimum absolute atomic E-state index is 0.153. The maximum absolute atomic E-state index is 12.9. The third-order valence-electron chi connectivity index (χ3n) is 5.17. The zero-order valence-corrected chi connectivity index (χ0v) is 19.8. The molecule has 0 bridgehead atoms. The molecule has 0 saturated heterocycles. The Morgan fingerprint density at radius 3 is 2.12 bits per heavy atom. The fraction of sp³-hybridized carbons (Fsp3) is 0.286. The van der Waals surface area contributed by atoms with Crippen LogP contribution in [0, 0.1) is 6.92 Å². The van der Waals surface area contributed by atoms with Gasteiger partial charge in [-0.15, -0.1) is 0 Å². The highest BCUT2D eigenvalue weighted by Gasteiger charge is 2.23. The number of aryl methyl sites for hydroxylation is 2.